The maximum Gasteiger partial charge on any atom is 0.488 e. The Kier molecular flexibility index (Phi) is 4.89. The molecule has 0 saturated heterocycles. The average molecular weight is 355 g/mol. The maximum atomic E-state index is 9.14. The summed E-state index contributed by atoms with van der Waals surface area (Å²) in [7, 11) is -1.50. The lowest BCUT2D eigenvalue weighted by Crippen LogP contribution is -2.29. The maximum absolute atomic E-state index is 9.14. The number of anilines is 3. The second-order valence-corrected chi connectivity index (χ2v) is 6.01. The van der Waals surface area contributed by atoms with E-state index in [4.69, 9.17) is 27.4 Å². The van der Waals surface area contributed by atoms with Crippen molar-refractivity contribution < 1.29 is 10.0 Å². The van der Waals surface area contributed by atoms with Crippen molar-refractivity contribution >= 4 is 41.6 Å². The molecule has 0 aliphatic heterocycles. The normalized spacial score (nSPS) is 10.6. The Morgan fingerprint density at radius 3 is 2.44 bits per heavy atom. The number of benzene rings is 2. The number of aromatic nitrogens is 2. The molecule has 2 aromatic carbocycles. The van der Waals surface area contributed by atoms with Crippen molar-refractivity contribution in [1.82, 2.24) is 9.97 Å². The van der Waals surface area contributed by atoms with Crippen LogP contribution in [0, 0.1) is 6.92 Å². The molecule has 0 atom stereocenters. The van der Waals surface area contributed by atoms with Gasteiger partial charge < -0.3 is 21.1 Å². The van der Waals surface area contributed by atoms with Crippen LogP contribution in [0.1, 0.15) is 5.56 Å². The molecular weight excluding hydrogens is 338 g/mol. The fourth-order valence-electron chi connectivity index (χ4n) is 2.42. The minimum absolute atomic E-state index is 0.141. The van der Waals surface area contributed by atoms with Gasteiger partial charge >= 0.3 is 7.12 Å². The largest absolute Gasteiger partial charge is 0.488 e. The molecular formula is C17H16BClN4O2. The molecule has 1 aromatic heterocycles. The molecule has 3 aromatic rings. The lowest BCUT2D eigenvalue weighted by atomic mass is 9.80. The van der Waals surface area contributed by atoms with Crippen molar-refractivity contribution in [3.8, 4) is 11.3 Å². The minimum Gasteiger partial charge on any atom is -0.423 e. The molecule has 0 bridgehead atoms. The molecule has 0 amide bonds. The summed E-state index contributed by atoms with van der Waals surface area (Å²) in [5, 5.41) is 22.0. The fourth-order valence-corrected chi connectivity index (χ4v) is 2.60. The van der Waals surface area contributed by atoms with Crippen molar-refractivity contribution in [2.75, 3.05) is 11.1 Å². The summed E-state index contributed by atoms with van der Waals surface area (Å²) in [6.45, 7) is 1.97. The number of nitrogens with two attached hydrogens (primary N) is 1. The highest BCUT2D eigenvalue weighted by Crippen LogP contribution is 2.27. The average Bonchev–Trinajstić information content (AvgIpc) is 2.57. The van der Waals surface area contributed by atoms with E-state index in [-0.39, 0.29) is 5.95 Å². The number of hydrogen-bond donors (Lipinski definition) is 4. The fraction of sp³-hybridized carbons (Fsp3) is 0.0588. The number of halogens is 1. The first-order valence-electron chi connectivity index (χ1n) is 7.56. The first-order valence-corrected chi connectivity index (χ1v) is 7.94. The van der Waals surface area contributed by atoms with Crippen LogP contribution in [0.2, 0.25) is 5.02 Å². The van der Waals surface area contributed by atoms with Gasteiger partial charge in [0.05, 0.1) is 5.69 Å². The molecule has 5 N–H and O–H groups in total. The van der Waals surface area contributed by atoms with Crippen LogP contribution in [0.25, 0.3) is 11.3 Å². The van der Waals surface area contributed by atoms with Crippen molar-refractivity contribution in [2.45, 2.75) is 6.92 Å². The van der Waals surface area contributed by atoms with Gasteiger partial charge in [0, 0.05) is 22.3 Å². The van der Waals surface area contributed by atoms with Crippen LogP contribution in [0.3, 0.4) is 0 Å². The number of nitrogens with one attached hydrogen (secondary N) is 1. The number of aryl methyl sites for hydroxylation is 1. The van der Waals surface area contributed by atoms with Crippen LogP contribution in [0.15, 0.2) is 48.5 Å². The predicted molar refractivity (Wildman–Crippen MR) is 101 cm³/mol. The predicted octanol–water partition coefficient (Wildman–Crippen LogP) is 2.11. The standard InChI is InChI=1S/C17H16BClN4O2/c1-10-2-5-12(19)8-14(10)15-9-16(23-17(20)22-15)21-13-6-3-11(4-7-13)18(24)25/h2-9,24-25H,1H3,(H3,20,21,22,23). The molecule has 1 heterocycles. The molecule has 3 rings (SSSR count). The summed E-state index contributed by atoms with van der Waals surface area (Å²) < 4.78 is 0. The topological polar surface area (TPSA) is 104 Å². The molecule has 0 unspecified atom stereocenters. The van der Waals surface area contributed by atoms with Crippen LogP contribution >= 0.6 is 11.6 Å². The third kappa shape index (κ3) is 4.08. The number of nitrogens with zero attached hydrogens (tertiary/aromatic N) is 2. The zero-order valence-electron chi connectivity index (χ0n) is 13.4. The quantitative estimate of drug-likeness (QED) is 0.535. The lowest BCUT2D eigenvalue weighted by molar-refractivity contribution is 0.426. The van der Waals surface area contributed by atoms with Gasteiger partial charge in [0.2, 0.25) is 5.95 Å². The summed E-state index contributed by atoms with van der Waals surface area (Å²) in [6.07, 6.45) is 0. The van der Waals surface area contributed by atoms with Gasteiger partial charge in [0.15, 0.2) is 0 Å². The van der Waals surface area contributed by atoms with Gasteiger partial charge in [-0.15, -0.1) is 0 Å². The Bertz CT molecular complexity index is 904. The van der Waals surface area contributed by atoms with E-state index in [1.807, 2.05) is 25.1 Å². The number of nitrogen functional groups attached to an aromatic ring is 1. The molecule has 0 aliphatic carbocycles. The van der Waals surface area contributed by atoms with Crippen LogP contribution in [0.4, 0.5) is 17.5 Å². The molecule has 25 heavy (non-hydrogen) atoms. The van der Waals surface area contributed by atoms with Gasteiger partial charge in [-0.05, 0) is 42.2 Å². The molecule has 8 heteroatoms. The van der Waals surface area contributed by atoms with E-state index in [0.29, 0.717) is 22.0 Å². The Morgan fingerprint density at radius 2 is 1.76 bits per heavy atom. The molecule has 0 fully saturated rings. The van der Waals surface area contributed by atoms with E-state index < -0.39 is 7.12 Å². The van der Waals surface area contributed by atoms with Crippen molar-refractivity contribution in [1.29, 1.82) is 0 Å². The Balaban J connectivity index is 1.93. The molecule has 0 saturated carbocycles. The van der Waals surface area contributed by atoms with Gasteiger partial charge in [-0.25, -0.2) is 4.98 Å². The Morgan fingerprint density at radius 1 is 1.04 bits per heavy atom. The molecule has 6 nitrogen and oxygen atoms in total. The van der Waals surface area contributed by atoms with Crippen LogP contribution in [-0.2, 0) is 0 Å². The highest BCUT2D eigenvalue weighted by Gasteiger charge is 2.11. The lowest BCUT2D eigenvalue weighted by Gasteiger charge is -2.11. The van der Waals surface area contributed by atoms with Gasteiger partial charge in [-0.3, -0.25) is 0 Å². The summed E-state index contributed by atoms with van der Waals surface area (Å²) in [6, 6.07) is 14.0. The smallest absolute Gasteiger partial charge is 0.423 e. The van der Waals surface area contributed by atoms with Gasteiger partial charge in [-0.2, -0.15) is 4.98 Å². The Hall–Kier alpha value is -2.61. The van der Waals surface area contributed by atoms with Crippen molar-refractivity contribution in [2.24, 2.45) is 0 Å². The van der Waals surface area contributed by atoms with Crippen LogP contribution < -0.4 is 16.5 Å². The summed E-state index contributed by atoms with van der Waals surface area (Å²) in [4.78, 5) is 8.47. The van der Waals surface area contributed by atoms with Crippen LogP contribution in [-0.4, -0.2) is 27.1 Å². The van der Waals surface area contributed by atoms with E-state index in [0.717, 1.165) is 16.8 Å². The van der Waals surface area contributed by atoms with Gasteiger partial charge in [-0.1, -0.05) is 29.8 Å². The molecule has 0 aliphatic rings. The monoisotopic (exact) mass is 354 g/mol. The SMILES string of the molecule is Cc1ccc(Cl)cc1-c1cc(Nc2ccc(B(O)O)cc2)nc(N)n1. The zero-order valence-corrected chi connectivity index (χ0v) is 14.2. The summed E-state index contributed by atoms with van der Waals surface area (Å²) in [5.74, 6) is 0.668. The Labute approximate surface area is 150 Å². The molecule has 126 valence electrons. The highest BCUT2D eigenvalue weighted by molar-refractivity contribution is 6.58. The van der Waals surface area contributed by atoms with E-state index in [1.54, 1.807) is 30.3 Å². The summed E-state index contributed by atoms with van der Waals surface area (Å²) >= 11 is 6.09. The summed E-state index contributed by atoms with van der Waals surface area (Å²) in [5.41, 5.74) is 9.54. The van der Waals surface area contributed by atoms with E-state index in [9.17, 15) is 0 Å². The van der Waals surface area contributed by atoms with E-state index in [2.05, 4.69) is 15.3 Å². The second-order valence-electron chi connectivity index (χ2n) is 5.58. The van der Waals surface area contributed by atoms with Crippen molar-refractivity contribution in [3.63, 3.8) is 0 Å². The van der Waals surface area contributed by atoms with Gasteiger partial charge in [0.25, 0.3) is 0 Å². The molecule has 0 radical (unpaired) electrons. The van der Waals surface area contributed by atoms with Crippen LogP contribution in [0.5, 0.6) is 0 Å². The second kappa shape index (κ2) is 7.10. The minimum atomic E-state index is -1.50. The first kappa shape index (κ1) is 17.2. The number of hydrogen-bond acceptors (Lipinski definition) is 6. The van der Waals surface area contributed by atoms with Gasteiger partial charge in [0.1, 0.15) is 5.82 Å². The van der Waals surface area contributed by atoms with E-state index >= 15 is 0 Å². The third-order valence-electron chi connectivity index (χ3n) is 3.70. The van der Waals surface area contributed by atoms with Crippen molar-refractivity contribution in [3.05, 3.63) is 59.1 Å². The first-order chi connectivity index (χ1) is 11.9. The zero-order chi connectivity index (χ0) is 18.0. The molecule has 0 spiro atoms. The highest BCUT2D eigenvalue weighted by atomic mass is 35.5. The van der Waals surface area contributed by atoms with E-state index in [1.165, 1.54) is 0 Å². The number of rotatable bonds is 4. The third-order valence-corrected chi connectivity index (χ3v) is 3.94.